The maximum absolute atomic E-state index is 5.48. The third-order valence-corrected chi connectivity index (χ3v) is 5.84. The molecule has 2 aromatic rings. The van der Waals surface area contributed by atoms with Gasteiger partial charge in [-0.05, 0) is 44.4 Å². The Bertz CT molecular complexity index is 712. The number of nitrogens with zero attached hydrogens (tertiary/aromatic N) is 3. The van der Waals surface area contributed by atoms with Crippen LogP contribution in [-0.4, -0.2) is 49.6 Å². The average molecular weight is 359 g/mol. The Morgan fingerprint density at radius 2 is 1.80 bits per heavy atom. The summed E-state index contributed by atoms with van der Waals surface area (Å²) in [4.78, 5) is 12.0. The first-order chi connectivity index (χ1) is 12.0. The van der Waals surface area contributed by atoms with Crippen molar-refractivity contribution < 1.29 is 4.74 Å². The largest absolute Gasteiger partial charge is 0.388 e. The van der Waals surface area contributed by atoms with Crippen molar-refractivity contribution in [3.05, 3.63) is 36.0 Å². The molecule has 1 fully saturated rings. The van der Waals surface area contributed by atoms with Gasteiger partial charge >= 0.3 is 0 Å². The van der Waals surface area contributed by atoms with Crippen molar-refractivity contribution in [2.45, 2.75) is 18.6 Å². The van der Waals surface area contributed by atoms with E-state index in [2.05, 4.69) is 60.7 Å². The highest BCUT2D eigenvalue weighted by atomic mass is 32.2. The van der Waals surface area contributed by atoms with E-state index in [1.54, 1.807) is 11.8 Å². The minimum Gasteiger partial charge on any atom is -0.388 e. The molecule has 6 heteroatoms. The maximum atomic E-state index is 5.48. The predicted molar refractivity (Wildman–Crippen MR) is 107 cm³/mol. The second-order valence-corrected chi connectivity index (χ2v) is 8.01. The van der Waals surface area contributed by atoms with Crippen LogP contribution in [0, 0.1) is 0 Å². The monoisotopic (exact) mass is 358 g/mol. The van der Waals surface area contributed by atoms with Crippen LogP contribution in [0.2, 0.25) is 0 Å². The lowest BCUT2D eigenvalue weighted by Gasteiger charge is -2.30. The van der Waals surface area contributed by atoms with E-state index in [0.29, 0.717) is 0 Å². The van der Waals surface area contributed by atoms with Crippen LogP contribution in [0.1, 0.15) is 19.5 Å². The SMILES string of the molecule is CNc1ccc(-c2nc(N3CCOCC3)cc(C(C)(C)SC)n2)cc1. The van der Waals surface area contributed by atoms with Gasteiger partial charge in [0.25, 0.3) is 0 Å². The molecule has 5 nitrogen and oxygen atoms in total. The Morgan fingerprint density at radius 1 is 1.12 bits per heavy atom. The summed E-state index contributed by atoms with van der Waals surface area (Å²) in [5.41, 5.74) is 3.18. The first kappa shape index (κ1) is 18.0. The summed E-state index contributed by atoms with van der Waals surface area (Å²) >= 11 is 1.80. The molecule has 0 amide bonds. The zero-order chi connectivity index (χ0) is 17.9. The van der Waals surface area contributed by atoms with E-state index >= 15 is 0 Å². The first-order valence-electron chi connectivity index (χ1n) is 8.59. The minimum absolute atomic E-state index is 0.0658. The fraction of sp³-hybridized carbons (Fsp3) is 0.474. The fourth-order valence-corrected chi connectivity index (χ4v) is 3.03. The first-order valence-corrected chi connectivity index (χ1v) is 9.81. The molecule has 134 valence electrons. The molecule has 0 aliphatic carbocycles. The number of hydrogen-bond acceptors (Lipinski definition) is 6. The molecule has 1 aromatic carbocycles. The summed E-state index contributed by atoms with van der Waals surface area (Å²) in [6.45, 7) is 7.64. The lowest BCUT2D eigenvalue weighted by molar-refractivity contribution is 0.122. The molecular formula is C19H26N4OS. The molecule has 0 bridgehead atoms. The van der Waals surface area contributed by atoms with Crippen molar-refractivity contribution in [2.75, 3.05) is 49.8 Å². The molecule has 1 N–H and O–H groups in total. The molecule has 0 radical (unpaired) electrons. The van der Waals surface area contributed by atoms with Gasteiger partial charge in [0.1, 0.15) is 5.82 Å². The lowest BCUT2D eigenvalue weighted by atomic mass is 10.1. The number of nitrogens with one attached hydrogen (secondary N) is 1. The van der Waals surface area contributed by atoms with Crippen LogP contribution >= 0.6 is 11.8 Å². The highest BCUT2D eigenvalue weighted by Gasteiger charge is 2.24. The number of morpholine rings is 1. The van der Waals surface area contributed by atoms with Gasteiger partial charge in [0, 0.05) is 37.5 Å². The van der Waals surface area contributed by atoms with Gasteiger partial charge < -0.3 is 15.0 Å². The Kier molecular flexibility index (Phi) is 5.49. The number of thioether (sulfide) groups is 1. The molecule has 0 saturated carbocycles. The zero-order valence-corrected chi connectivity index (χ0v) is 16.2. The van der Waals surface area contributed by atoms with Gasteiger partial charge in [0.15, 0.2) is 5.82 Å². The van der Waals surface area contributed by atoms with Crippen LogP contribution in [-0.2, 0) is 9.48 Å². The molecule has 3 rings (SSSR count). The topological polar surface area (TPSA) is 50.3 Å². The van der Waals surface area contributed by atoms with Crippen LogP contribution in [0.5, 0.6) is 0 Å². The van der Waals surface area contributed by atoms with E-state index in [9.17, 15) is 0 Å². The van der Waals surface area contributed by atoms with Crippen molar-refractivity contribution in [1.82, 2.24) is 9.97 Å². The molecule has 1 aromatic heterocycles. The van der Waals surface area contributed by atoms with Gasteiger partial charge in [0.2, 0.25) is 0 Å². The number of rotatable bonds is 5. The van der Waals surface area contributed by atoms with Gasteiger partial charge in [-0.2, -0.15) is 11.8 Å². The third-order valence-electron chi connectivity index (χ3n) is 4.61. The predicted octanol–water partition coefficient (Wildman–Crippen LogP) is 3.62. The van der Waals surface area contributed by atoms with Crippen LogP contribution in [0.15, 0.2) is 30.3 Å². The second-order valence-electron chi connectivity index (χ2n) is 6.58. The molecule has 25 heavy (non-hydrogen) atoms. The molecule has 1 aliphatic heterocycles. The Labute approximate surface area is 154 Å². The van der Waals surface area contributed by atoms with Crippen molar-refractivity contribution in [3.8, 4) is 11.4 Å². The molecule has 0 atom stereocenters. The van der Waals surface area contributed by atoms with Gasteiger partial charge in [-0.3, -0.25) is 0 Å². The van der Waals surface area contributed by atoms with Crippen molar-refractivity contribution >= 4 is 23.3 Å². The number of benzene rings is 1. The van der Waals surface area contributed by atoms with Crippen LogP contribution in [0.25, 0.3) is 11.4 Å². The minimum atomic E-state index is -0.0658. The summed E-state index contributed by atoms with van der Waals surface area (Å²) in [7, 11) is 1.92. The van der Waals surface area contributed by atoms with Gasteiger partial charge in [0.05, 0.1) is 23.7 Å². The Balaban J connectivity index is 2.04. The van der Waals surface area contributed by atoms with E-state index in [1.807, 2.05) is 7.05 Å². The van der Waals surface area contributed by atoms with E-state index in [4.69, 9.17) is 14.7 Å². The van der Waals surface area contributed by atoms with Crippen molar-refractivity contribution in [2.24, 2.45) is 0 Å². The van der Waals surface area contributed by atoms with E-state index in [0.717, 1.165) is 54.9 Å². The summed E-state index contributed by atoms with van der Waals surface area (Å²) in [6, 6.07) is 10.4. The van der Waals surface area contributed by atoms with E-state index in [1.165, 1.54) is 0 Å². The highest BCUT2D eigenvalue weighted by Crippen LogP contribution is 2.35. The molecule has 0 spiro atoms. The molecule has 2 heterocycles. The maximum Gasteiger partial charge on any atom is 0.161 e. The second kappa shape index (κ2) is 7.62. The van der Waals surface area contributed by atoms with Crippen molar-refractivity contribution in [1.29, 1.82) is 0 Å². The summed E-state index contributed by atoms with van der Waals surface area (Å²) in [5.74, 6) is 1.77. The zero-order valence-electron chi connectivity index (χ0n) is 15.4. The van der Waals surface area contributed by atoms with Gasteiger partial charge in [-0.1, -0.05) is 0 Å². The molecule has 0 unspecified atom stereocenters. The highest BCUT2D eigenvalue weighted by molar-refractivity contribution is 7.99. The van der Waals surface area contributed by atoms with Crippen LogP contribution in [0.3, 0.4) is 0 Å². The normalized spacial score (nSPS) is 15.3. The Hall–Kier alpha value is -1.79. The number of anilines is 2. The smallest absolute Gasteiger partial charge is 0.161 e. The van der Waals surface area contributed by atoms with Gasteiger partial charge in [-0.25, -0.2) is 9.97 Å². The van der Waals surface area contributed by atoms with E-state index in [-0.39, 0.29) is 4.75 Å². The lowest BCUT2D eigenvalue weighted by Crippen LogP contribution is -2.37. The number of aromatic nitrogens is 2. The molecule has 1 aliphatic rings. The Morgan fingerprint density at radius 3 is 2.40 bits per heavy atom. The summed E-state index contributed by atoms with van der Waals surface area (Å²) in [5, 5.41) is 3.15. The van der Waals surface area contributed by atoms with Crippen LogP contribution < -0.4 is 10.2 Å². The third kappa shape index (κ3) is 4.07. The van der Waals surface area contributed by atoms with E-state index < -0.39 is 0 Å². The number of ether oxygens (including phenoxy) is 1. The molecular weight excluding hydrogens is 332 g/mol. The number of hydrogen-bond donors (Lipinski definition) is 1. The van der Waals surface area contributed by atoms with Crippen LogP contribution in [0.4, 0.5) is 11.5 Å². The standard InChI is InChI=1S/C19H26N4OS/c1-19(2,25-4)16-13-17(23-9-11-24-12-10-23)22-18(21-16)14-5-7-15(20-3)8-6-14/h5-8,13,20H,9-12H2,1-4H3. The summed E-state index contributed by atoms with van der Waals surface area (Å²) in [6.07, 6.45) is 2.12. The summed E-state index contributed by atoms with van der Waals surface area (Å²) < 4.78 is 5.42. The van der Waals surface area contributed by atoms with Crippen molar-refractivity contribution in [3.63, 3.8) is 0 Å². The van der Waals surface area contributed by atoms with Gasteiger partial charge in [-0.15, -0.1) is 0 Å². The molecule has 1 saturated heterocycles. The average Bonchev–Trinajstić information content (AvgIpc) is 2.68. The quantitative estimate of drug-likeness (QED) is 0.881. The fourth-order valence-electron chi connectivity index (χ4n) is 2.72.